The van der Waals surface area contributed by atoms with Crippen LogP contribution in [0.25, 0.3) is 0 Å². The fourth-order valence-electron chi connectivity index (χ4n) is 3.10. The summed E-state index contributed by atoms with van der Waals surface area (Å²) in [5.41, 5.74) is 1.69. The highest BCUT2D eigenvalue weighted by molar-refractivity contribution is 5.95. The van der Waals surface area contributed by atoms with Gasteiger partial charge in [-0.1, -0.05) is 25.3 Å². The molecule has 1 aliphatic carbocycles. The van der Waals surface area contributed by atoms with Crippen LogP contribution in [0.1, 0.15) is 42.5 Å². The predicted molar refractivity (Wildman–Crippen MR) is 82.5 cm³/mol. The van der Waals surface area contributed by atoms with Gasteiger partial charge in [0.1, 0.15) is 0 Å². The van der Waals surface area contributed by atoms with Gasteiger partial charge in [0, 0.05) is 36.4 Å². The summed E-state index contributed by atoms with van der Waals surface area (Å²) >= 11 is 0. The van der Waals surface area contributed by atoms with Gasteiger partial charge in [0.15, 0.2) is 0 Å². The molecule has 1 radical (unpaired) electrons. The number of nitrogens with zero attached hydrogens (tertiary/aromatic N) is 1. The molecule has 1 amide bonds. The maximum atomic E-state index is 12.5. The highest BCUT2D eigenvalue weighted by Crippen LogP contribution is 2.22. The lowest BCUT2D eigenvalue weighted by Gasteiger charge is -2.27. The Morgan fingerprint density at radius 3 is 2.76 bits per heavy atom. The third kappa shape index (κ3) is 3.76. The summed E-state index contributed by atoms with van der Waals surface area (Å²) in [6, 6.07) is 9.37. The summed E-state index contributed by atoms with van der Waals surface area (Å²) in [7, 11) is 0. The smallest absolute Gasteiger partial charge is 0.254 e. The number of anilines is 1. The standard InChI is InChI=1S/C17H23N2O2/c20-17(19-9-11-21-12-10-19)14-5-4-8-16(13-14)18-15-6-2-1-3-7-15/h4-5,13,15,18H,1-3,6-7,9-12H2. The van der Waals surface area contributed by atoms with E-state index in [0.29, 0.717) is 32.3 Å². The minimum atomic E-state index is 0.0963. The molecule has 113 valence electrons. The molecule has 1 N–H and O–H groups in total. The highest BCUT2D eigenvalue weighted by atomic mass is 16.5. The number of hydrogen-bond donors (Lipinski definition) is 1. The third-order valence-electron chi connectivity index (χ3n) is 4.31. The fraction of sp³-hybridized carbons (Fsp3) is 0.588. The van der Waals surface area contributed by atoms with Crippen molar-refractivity contribution in [3.8, 4) is 0 Å². The van der Waals surface area contributed by atoms with Crippen molar-refractivity contribution in [3.05, 3.63) is 29.8 Å². The second-order valence-corrected chi connectivity index (χ2v) is 5.87. The van der Waals surface area contributed by atoms with Crippen molar-refractivity contribution >= 4 is 11.6 Å². The fourth-order valence-corrected chi connectivity index (χ4v) is 3.10. The minimum Gasteiger partial charge on any atom is -0.382 e. The number of hydrogen-bond acceptors (Lipinski definition) is 3. The van der Waals surface area contributed by atoms with Crippen molar-refractivity contribution in [1.82, 2.24) is 4.90 Å². The first kappa shape index (κ1) is 14.4. The molecule has 4 heteroatoms. The summed E-state index contributed by atoms with van der Waals surface area (Å²) < 4.78 is 5.30. The lowest BCUT2D eigenvalue weighted by Crippen LogP contribution is -2.40. The van der Waals surface area contributed by atoms with E-state index >= 15 is 0 Å². The van der Waals surface area contributed by atoms with E-state index in [1.54, 1.807) is 0 Å². The predicted octanol–water partition coefficient (Wildman–Crippen LogP) is 2.70. The van der Waals surface area contributed by atoms with E-state index < -0.39 is 0 Å². The topological polar surface area (TPSA) is 41.6 Å². The van der Waals surface area contributed by atoms with Gasteiger partial charge in [0.25, 0.3) is 5.91 Å². The molecule has 0 spiro atoms. The molecular weight excluding hydrogens is 264 g/mol. The Morgan fingerprint density at radius 1 is 1.24 bits per heavy atom. The van der Waals surface area contributed by atoms with E-state index in [1.165, 1.54) is 32.1 Å². The van der Waals surface area contributed by atoms with E-state index in [0.717, 1.165) is 11.3 Å². The molecule has 0 atom stereocenters. The quantitative estimate of drug-likeness (QED) is 0.929. The Labute approximate surface area is 126 Å². The van der Waals surface area contributed by atoms with Gasteiger partial charge in [-0.25, -0.2) is 0 Å². The van der Waals surface area contributed by atoms with Gasteiger partial charge in [0.2, 0.25) is 0 Å². The van der Waals surface area contributed by atoms with Crippen LogP contribution in [0.5, 0.6) is 0 Å². The second kappa shape index (κ2) is 6.94. The summed E-state index contributed by atoms with van der Waals surface area (Å²) in [5, 5.41) is 3.53. The minimum absolute atomic E-state index is 0.0963. The summed E-state index contributed by atoms with van der Waals surface area (Å²) in [6.07, 6.45) is 6.37. The van der Waals surface area contributed by atoms with Crippen molar-refractivity contribution in [3.63, 3.8) is 0 Å². The van der Waals surface area contributed by atoms with Crippen LogP contribution >= 0.6 is 0 Å². The summed E-state index contributed by atoms with van der Waals surface area (Å²) in [6.45, 7) is 2.64. The molecule has 4 nitrogen and oxygen atoms in total. The number of carbonyl (C=O) groups excluding carboxylic acids is 1. The van der Waals surface area contributed by atoms with Crippen molar-refractivity contribution in [2.24, 2.45) is 0 Å². The monoisotopic (exact) mass is 287 g/mol. The van der Waals surface area contributed by atoms with E-state index in [1.807, 2.05) is 23.1 Å². The number of ether oxygens (including phenoxy) is 1. The van der Waals surface area contributed by atoms with Crippen LogP contribution in [0.3, 0.4) is 0 Å². The van der Waals surface area contributed by atoms with Gasteiger partial charge < -0.3 is 15.0 Å². The molecule has 1 aromatic carbocycles. The molecule has 3 rings (SSSR count). The zero-order valence-corrected chi connectivity index (χ0v) is 12.4. The normalized spacial score (nSPS) is 20.3. The average Bonchev–Trinajstić information content (AvgIpc) is 2.56. The molecular formula is C17H23N2O2. The number of morpholine rings is 1. The first-order valence-electron chi connectivity index (χ1n) is 7.98. The van der Waals surface area contributed by atoms with E-state index in [4.69, 9.17) is 4.74 Å². The molecule has 2 aliphatic rings. The van der Waals surface area contributed by atoms with Gasteiger partial charge in [-0.15, -0.1) is 0 Å². The van der Waals surface area contributed by atoms with E-state index in [2.05, 4.69) is 11.4 Å². The molecule has 21 heavy (non-hydrogen) atoms. The lowest BCUT2D eigenvalue weighted by atomic mass is 9.95. The van der Waals surface area contributed by atoms with Crippen molar-refractivity contribution in [1.29, 1.82) is 0 Å². The van der Waals surface area contributed by atoms with E-state index in [9.17, 15) is 4.79 Å². The Hall–Kier alpha value is -1.55. The first-order chi connectivity index (χ1) is 10.3. The SMILES string of the molecule is O=C(c1cc[c]c(NC2CCCCC2)c1)N1CCOCC1. The number of amides is 1. The first-order valence-corrected chi connectivity index (χ1v) is 7.98. The Balaban J connectivity index is 1.65. The maximum Gasteiger partial charge on any atom is 0.254 e. The number of rotatable bonds is 3. The molecule has 1 saturated heterocycles. The molecule has 0 bridgehead atoms. The van der Waals surface area contributed by atoms with Crippen LogP contribution in [0, 0.1) is 6.07 Å². The maximum absolute atomic E-state index is 12.5. The third-order valence-corrected chi connectivity index (χ3v) is 4.31. The zero-order chi connectivity index (χ0) is 14.5. The molecule has 1 aromatic rings. The van der Waals surface area contributed by atoms with Crippen LogP contribution in [-0.4, -0.2) is 43.2 Å². The van der Waals surface area contributed by atoms with Gasteiger partial charge >= 0.3 is 0 Å². The van der Waals surface area contributed by atoms with Crippen molar-refractivity contribution < 1.29 is 9.53 Å². The Kier molecular flexibility index (Phi) is 4.76. The zero-order valence-electron chi connectivity index (χ0n) is 12.4. The van der Waals surface area contributed by atoms with Gasteiger partial charge in [-0.05, 0) is 25.0 Å². The molecule has 1 aliphatic heterocycles. The largest absolute Gasteiger partial charge is 0.382 e. The van der Waals surface area contributed by atoms with Crippen molar-refractivity contribution in [2.45, 2.75) is 38.1 Å². The van der Waals surface area contributed by atoms with Crippen LogP contribution < -0.4 is 5.32 Å². The average molecular weight is 287 g/mol. The van der Waals surface area contributed by atoms with Gasteiger partial charge in [0.05, 0.1) is 13.2 Å². The van der Waals surface area contributed by atoms with Crippen LogP contribution in [0.4, 0.5) is 5.69 Å². The number of nitrogens with one attached hydrogen (secondary N) is 1. The Bertz CT molecular complexity index is 477. The van der Waals surface area contributed by atoms with Crippen LogP contribution in [0.15, 0.2) is 18.2 Å². The summed E-state index contributed by atoms with van der Waals surface area (Å²) in [4.78, 5) is 14.3. The van der Waals surface area contributed by atoms with Crippen LogP contribution in [-0.2, 0) is 4.74 Å². The van der Waals surface area contributed by atoms with Gasteiger partial charge in [-0.3, -0.25) is 4.79 Å². The van der Waals surface area contributed by atoms with E-state index in [-0.39, 0.29) is 5.91 Å². The number of benzene rings is 1. The molecule has 0 unspecified atom stereocenters. The number of carbonyl (C=O) groups is 1. The van der Waals surface area contributed by atoms with Crippen molar-refractivity contribution in [2.75, 3.05) is 31.6 Å². The molecule has 0 aromatic heterocycles. The van der Waals surface area contributed by atoms with Gasteiger partial charge in [-0.2, -0.15) is 0 Å². The van der Waals surface area contributed by atoms with Crippen LogP contribution in [0.2, 0.25) is 0 Å². The summed E-state index contributed by atoms with van der Waals surface area (Å²) in [5.74, 6) is 0.0963. The highest BCUT2D eigenvalue weighted by Gasteiger charge is 2.19. The molecule has 1 saturated carbocycles. The Morgan fingerprint density at radius 2 is 2.00 bits per heavy atom. The molecule has 2 fully saturated rings. The lowest BCUT2D eigenvalue weighted by molar-refractivity contribution is 0.0303. The molecule has 1 heterocycles. The second-order valence-electron chi connectivity index (χ2n) is 5.87.